The van der Waals surface area contributed by atoms with E-state index in [0.717, 1.165) is 11.1 Å². The van der Waals surface area contributed by atoms with Crippen LogP contribution in [0.25, 0.3) is 17.0 Å². The first kappa shape index (κ1) is 29.5. The van der Waals surface area contributed by atoms with Gasteiger partial charge in [-0.25, -0.2) is 9.97 Å². The van der Waals surface area contributed by atoms with E-state index in [2.05, 4.69) is 20.6 Å². The van der Waals surface area contributed by atoms with Crippen LogP contribution in [0.1, 0.15) is 23.7 Å². The van der Waals surface area contributed by atoms with Gasteiger partial charge in [0, 0.05) is 48.6 Å². The molecule has 2 aromatic carbocycles. The second kappa shape index (κ2) is 12.8. The molecule has 4 aromatic rings. The fraction of sp³-hybridized carbons (Fsp3) is 0.167. The molecule has 0 saturated heterocycles. The molecule has 3 amide bonds. The summed E-state index contributed by atoms with van der Waals surface area (Å²) in [6.07, 6.45) is 4.35. The number of amides is 3. The molecular formula is C30H27Cl2N5O4. The van der Waals surface area contributed by atoms with Gasteiger partial charge in [0.25, 0.3) is 4.52 Å². The number of alkyl halides is 2. The maximum Gasteiger partial charge on any atom is 0.285 e. The van der Waals surface area contributed by atoms with Gasteiger partial charge in [-0.15, -0.1) is 0 Å². The molecule has 4 rings (SSSR count). The van der Waals surface area contributed by atoms with E-state index in [9.17, 15) is 14.4 Å². The average Bonchev–Trinajstić information content (AvgIpc) is 2.95. The van der Waals surface area contributed by atoms with Crippen molar-refractivity contribution in [3.63, 3.8) is 0 Å². The van der Waals surface area contributed by atoms with Crippen LogP contribution in [0.3, 0.4) is 0 Å². The minimum atomic E-state index is -1.77. The van der Waals surface area contributed by atoms with Gasteiger partial charge < -0.3 is 20.3 Å². The Morgan fingerprint density at radius 3 is 2.56 bits per heavy atom. The normalized spacial score (nSPS) is 11.3. The summed E-state index contributed by atoms with van der Waals surface area (Å²) in [5, 5.41) is 6.01. The molecule has 0 fully saturated rings. The number of hydrogen-bond donors (Lipinski definition) is 2. The number of likely N-dealkylation sites (N-methyl/N-ethyl adjacent to an activating group) is 1. The number of rotatable bonds is 9. The molecule has 0 atom stereocenters. The zero-order valence-corrected chi connectivity index (χ0v) is 24.0. The number of pyridine rings is 2. The van der Waals surface area contributed by atoms with Crippen molar-refractivity contribution in [1.29, 1.82) is 0 Å². The van der Waals surface area contributed by atoms with Gasteiger partial charge in [0.1, 0.15) is 17.1 Å². The molecule has 0 aliphatic carbocycles. The maximum absolute atomic E-state index is 12.8. The minimum absolute atomic E-state index is 0.229. The second-order valence-corrected chi connectivity index (χ2v) is 10.4. The number of halogens is 2. The molecule has 0 spiro atoms. The molecule has 210 valence electrons. The first-order chi connectivity index (χ1) is 19.5. The molecule has 0 bridgehead atoms. The van der Waals surface area contributed by atoms with Crippen molar-refractivity contribution < 1.29 is 19.1 Å². The van der Waals surface area contributed by atoms with E-state index < -0.39 is 10.4 Å². The molecule has 9 nitrogen and oxygen atoms in total. The third-order valence-corrected chi connectivity index (χ3v) is 6.53. The summed E-state index contributed by atoms with van der Waals surface area (Å²) in [5.41, 5.74) is 3.01. The first-order valence-corrected chi connectivity index (χ1v) is 13.3. The Balaban J connectivity index is 1.38. The van der Waals surface area contributed by atoms with Crippen LogP contribution in [0.5, 0.6) is 5.75 Å². The van der Waals surface area contributed by atoms with Crippen molar-refractivity contribution >= 4 is 69.4 Å². The van der Waals surface area contributed by atoms with Crippen LogP contribution < -0.4 is 20.3 Å². The molecule has 41 heavy (non-hydrogen) atoms. The lowest BCUT2D eigenvalue weighted by Crippen LogP contribution is -2.37. The summed E-state index contributed by atoms with van der Waals surface area (Å²) in [7, 11) is 1.58. The Morgan fingerprint density at radius 2 is 1.83 bits per heavy atom. The minimum Gasteiger partial charge on any atom is -0.452 e. The van der Waals surface area contributed by atoms with Crippen molar-refractivity contribution in [2.24, 2.45) is 0 Å². The van der Waals surface area contributed by atoms with Gasteiger partial charge in [-0.2, -0.15) is 0 Å². The Hall–Kier alpha value is -4.47. The van der Waals surface area contributed by atoms with Crippen LogP contribution >= 0.6 is 23.2 Å². The highest BCUT2D eigenvalue weighted by Crippen LogP contribution is 2.39. The van der Waals surface area contributed by atoms with Crippen LogP contribution in [0, 0.1) is 6.92 Å². The van der Waals surface area contributed by atoms with Crippen molar-refractivity contribution in [1.82, 2.24) is 15.3 Å². The third kappa shape index (κ3) is 7.81. The smallest absolute Gasteiger partial charge is 0.285 e. The van der Waals surface area contributed by atoms with Crippen molar-refractivity contribution in [3.8, 4) is 5.75 Å². The van der Waals surface area contributed by atoms with Crippen LogP contribution in [0.15, 0.2) is 79.0 Å². The number of ether oxygens (including phenoxy) is 1. The zero-order chi connectivity index (χ0) is 29.6. The van der Waals surface area contributed by atoms with Gasteiger partial charge >= 0.3 is 0 Å². The van der Waals surface area contributed by atoms with E-state index >= 15 is 0 Å². The fourth-order valence-electron chi connectivity index (χ4n) is 3.81. The number of carbonyl (C=O) groups excluding carboxylic acids is 3. The Kier molecular flexibility index (Phi) is 9.21. The Bertz CT molecular complexity index is 1620. The summed E-state index contributed by atoms with van der Waals surface area (Å²) in [6.45, 7) is 3.03. The summed E-state index contributed by atoms with van der Waals surface area (Å²) in [6, 6.07) is 19.4. The maximum atomic E-state index is 12.8. The molecule has 2 heterocycles. The highest BCUT2D eigenvalue weighted by atomic mass is 35.5. The topological polar surface area (TPSA) is 114 Å². The number of aromatic nitrogens is 2. The van der Waals surface area contributed by atoms with Crippen molar-refractivity contribution in [2.75, 3.05) is 23.8 Å². The molecule has 2 aromatic heterocycles. The van der Waals surface area contributed by atoms with E-state index in [4.69, 9.17) is 27.9 Å². The number of benzene rings is 2. The summed E-state index contributed by atoms with van der Waals surface area (Å²) in [4.78, 5) is 46.2. The lowest BCUT2D eigenvalue weighted by Gasteiger charge is -2.24. The van der Waals surface area contributed by atoms with E-state index in [1.54, 1.807) is 55.6 Å². The molecule has 0 unspecified atom stereocenters. The molecular weight excluding hydrogens is 565 g/mol. The van der Waals surface area contributed by atoms with Crippen molar-refractivity contribution in [3.05, 3.63) is 95.8 Å². The van der Waals surface area contributed by atoms with Gasteiger partial charge in [-0.1, -0.05) is 53.5 Å². The average molecular weight is 592 g/mol. The highest BCUT2D eigenvalue weighted by Gasteiger charge is 2.31. The first-order valence-electron chi connectivity index (χ1n) is 12.5. The molecule has 0 saturated carbocycles. The van der Waals surface area contributed by atoms with Gasteiger partial charge in [0.2, 0.25) is 17.7 Å². The number of hydrogen-bond acceptors (Lipinski definition) is 6. The second-order valence-electron chi connectivity index (χ2n) is 9.11. The lowest BCUT2D eigenvalue weighted by molar-refractivity contribution is -0.122. The largest absolute Gasteiger partial charge is 0.452 e. The molecule has 0 aliphatic heterocycles. The Labute approximate surface area is 247 Å². The van der Waals surface area contributed by atoms with Crippen LogP contribution in [0.2, 0.25) is 0 Å². The molecule has 11 heteroatoms. The quantitative estimate of drug-likeness (QED) is 0.200. The molecule has 2 N–H and O–H groups in total. The number of para-hydroxylation sites is 1. The highest BCUT2D eigenvalue weighted by molar-refractivity contribution is 6.47. The van der Waals surface area contributed by atoms with Crippen LogP contribution in [0.4, 0.5) is 11.5 Å². The fourth-order valence-corrected chi connectivity index (χ4v) is 4.21. The van der Waals surface area contributed by atoms with Gasteiger partial charge in [-0.3, -0.25) is 14.4 Å². The predicted molar refractivity (Wildman–Crippen MR) is 161 cm³/mol. The van der Waals surface area contributed by atoms with Gasteiger partial charge in [0.15, 0.2) is 0 Å². The number of aryl methyl sites for hydroxylation is 1. The SMILES string of the molecule is CC(=O)Nc1ccc(/C=C/C(=O)NCC(=O)N(C)c2cccc(C(Cl)(Cl)Oc3cccc4ccc(C)nc34)c2)cn1. The predicted octanol–water partition coefficient (Wildman–Crippen LogP) is 5.36. The number of nitrogens with one attached hydrogen (secondary N) is 2. The third-order valence-electron chi connectivity index (χ3n) is 5.94. The summed E-state index contributed by atoms with van der Waals surface area (Å²) < 4.78 is 4.22. The summed E-state index contributed by atoms with van der Waals surface area (Å²) in [5.74, 6) is -0.229. The molecule has 0 aliphatic rings. The lowest BCUT2D eigenvalue weighted by atomic mass is 10.1. The van der Waals surface area contributed by atoms with E-state index in [0.29, 0.717) is 33.9 Å². The Morgan fingerprint density at radius 1 is 1.05 bits per heavy atom. The monoisotopic (exact) mass is 591 g/mol. The number of fused-ring (bicyclic) bond motifs is 1. The number of anilines is 2. The summed E-state index contributed by atoms with van der Waals surface area (Å²) >= 11 is 13.3. The van der Waals surface area contributed by atoms with E-state index in [-0.39, 0.29) is 18.4 Å². The van der Waals surface area contributed by atoms with Crippen LogP contribution in [-0.4, -0.2) is 41.3 Å². The number of carbonyl (C=O) groups is 3. The van der Waals surface area contributed by atoms with Crippen molar-refractivity contribution in [2.45, 2.75) is 18.4 Å². The molecule has 0 radical (unpaired) electrons. The van der Waals surface area contributed by atoms with Crippen LogP contribution in [-0.2, 0) is 18.9 Å². The van der Waals surface area contributed by atoms with Gasteiger partial charge in [0.05, 0.1) is 6.54 Å². The van der Waals surface area contributed by atoms with E-state index in [1.807, 2.05) is 31.2 Å². The van der Waals surface area contributed by atoms with E-state index in [1.165, 1.54) is 24.1 Å². The van der Waals surface area contributed by atoms with Gasteiger partial charge in [-0.05, 0) is 55.0 Å². The number of nitrogens with zero attached hydrogens (tertiary/aromatic N) is 3. The zero-order valence-electron chi connectivity index (χ0n) is 22.5. The standard InChI is InChI=1S/C30H27Cl2N5O4/c1-19-10-13-22-6-4-9-25(29(22)35-19)41-30(31,32)23-7-5-8-24(16-23)37(3)28(40)18-34-27(39)15-12-21-11-14-26(33-17-21)36-20(2)38/h4-17H,18H2,1-3H3,(H,34,39)(H,33,36,38)/b15-12+.